The lowest BCUT2D eigenvalue weighted by atomic mass is 9.93. The van der Waals surface area contributed by atoms with Crippen molar-refractivity contribution in [2.75, 3.05) is 5.01 Å². The van der Waals surface area contributed by atoms with E-state index in [1.165, 1.54) is 6.92 Å². The normalized spacial score (nSPS) is 14.7. The minimum absolute atomic E-state index is 0.0958. The number of amides is 2. The summed E-state index contributed by atoms with van der Waals surface area (Å²) in [6, 6.07) is 26.8. The third-order valence-electron chi connectivity index (χ3n) is 5.11. The second-order valence-electron chi connectivity index (χ2n) is 7.13. The Hall–Kier alpha value is -3.86. The molecule has 1 atom stereocenters. The highest BCUT2D eigenvalue weighted by molar-refractivity contribution is 5.84. The van der Waals surface area contributed by atoms with Gasteiger partial charge in [-0.3, -0.25) is 20.0 Å². The van der Waals surface area contributed by atoms with Crippen LogP contribution in [0, 0.1) is 0 Å². The highest BCUT2D eigenvalue weighted by atomic mass is 16.2. The number of para-hydroxylation sites is 2. The Morgan fingerprint density at radius 2 is 1.43 bits per heavy atom. The molecule has 1 heterocycles. The Labute approximate surface area is 176 Å². The van der Waals surface area contributed by atoms with Crippen molar-refractivity contribution in [2.45, 2.75) is 19.4 Å². The first-order valence-electron chi connectivity index (χ1n) is 9.89. The largest absolute Gasteiger partial charge is 0.311 e. The van der Waals surface area contributed by atoms with Crippen molar-refractivity contribution in [1.29, 1.82) is 0 Å². The van der Waals surface area contributed by atoms with Gasteiger partial charge < -0.3 is 4.90 Å². The van der Waals surface area contributed by atoms with Crippen LogP contribution in [0.4, 0.5) is 11.4 Å². The van der Waals surface area contributed by atoms with Crippen LogP contribution in [-0.4, -0.2) is 16.7 Å². The number of hydrazine groups is 1. The van der Waals surface area contributed by atoms with Crippen LogP contribution in [0.25, 0.3) is 6.08 Å². The summed E-state index contributed by atoms with van der Waals surface area (Å²) in [6.45, 7) is 1.52. The van der Waals surface area contributed by atoms with Gasteiger partial charge in [-0.05, 0) is 41.5 Å². The first-order chi connectivity index (χ1) is 14.6. The van der Waals surface area contributed by atoms with Gasteiger partial charge in [0.15, 0.2) is 0 Å². The summed E-state index contributed by atoms with van der Waals surface area (Å²) >= 11 is 0. The van der Waals surface area contributed by atoms with Crippen LogP contribution >= 0.6 is 0 Å². The van der Waals surface area contributed by atoms with E-state index in [-0.39, 0.29) is 24.3 Å². The zero-order valence-electron chi connectivity index (χ0n) is 16.7. The first-order valence-corrected chi connectivity index (χ1v) is 9.89. The van der Waals surface area contributed by atoms with Gasteiger partial charge in [-0.15, -0.1) is 0 Å². The van der Waals surface area contributed by atoms with Gasteiger partial charge >= 0.3 is 0 Å². The second-order valence-corrected chi connectivity index (χ2v) is 7.13. The number of hydrogen-bond acceptors (Lipinski definition) is 3. The molecule has 5 nitrogen and oxygen atoms in total. The van der Waals surface area contributed by atoms with E-state index >= 15 is 0 Å². The second kappa shape index (κ2) is 8.66. The number of benzene rings is 3. The number of carbonyl (C=O) groups is 2. The van der Waals surface area contributed by atoms with Crippen LogP contribution in [0.3, 0.4) is 0 Å². The fourth-order valence-corrected chi connectivity index (χ4v) is 3.69. The molecule has 0 saturated heterocycles. The molecular formula is C25H23N3O2. The minimum atomic E-state index is -0.350. The van der Waals surface area contributed by atoms with Gasteiger partial charge in [-0.1, -0.05) is 60.7 Å². The van der Waals surface area contributed by atoms with Gasteiger partial charge in [0, 0.05) is 13.1 Å². The summed E-state index contributed by atoms with van der Waals surface area (Å²) in [7, 11) is 0. The molecule has 0 spiro atoms. The summed E-state index contributed by atoms with van der Waals surface area (Å²) in [6.07, 6.45) is 3.82. The molecule has 0 aliphatic carbocycles. The van der Waals surface area contributed by atoms with Crippen molar-refractivity contribution in [1.82, 2.24) is 10.3 Å². The Bertz CT molecular complexity index is 1020. The van der Waals surface area contributed by atoms with Crippen LogP contribution in [0.5, 0.6) is 0 Å². The van der Waals surface area contributed by atoms with Gasteiger partial charge in [0.25, 0.3) is 0 Å². The van der Waals surface area contributed by atoms with Crippen molar-refractivity contribution in [3.05, 3.63) is 102 Å². The zero-order valence-corrected chi connectivity index (χ0v) is 16.7. The van der Waals surface area contributed by atoms with Crippen LogP contribution in [0.15, 0.2) is 91.1 Å². The summed E-state index contributed by atoms with van der Waals surface area (Å²) in [5.74, 6) is -0.273. The number of anilines is 2. The smallest absolute Gasteiger partial charge is 0.241 e. The van der Waals surface area contributed by atoms with Crippen LogP contribution in [-0.2, 0) is 9.59 Å². The van der Waals surface area contributed by atoms with Gasteiger partial charge in [-0.25, -0.2) is 0 Å². The van der Waals surface area contributed by atoms with Gasteiger partial charge in [0.05, 0.1) is 23.8 Å². The van der Waals surface area contributed by atoms with Crippen LogP contribution in [0.2, 0.25) is 0 Å². The lowest BCUT2D eigenvalue weighted by Crippen LogP contribution is -2.41. The van der Waals surface area contributed by atoms with E-state index in [2.05, 4.69) is 5.43 Å². The predicted octanol–water partition coefficient (Wildman–Crippen LogP) is 4.82. The maximum atomic E-state index is 13.1. The topological polar surface area (TPSA) is 52.7 Å². The number of carbonyl (C=O) groups excluding carboxylic acids is 2. The third-order valence-corrected chi connectivity index (χ3v) is 5.11. The quantitative estimate of drug-likeness (QED) is 0.628. The van der Waals surface area contributed by atoms with E-state index in [1.54, 1.807) is 16.1 Å². The maximum Gasteiger partial charge on any atom is 0.241 e. The Balaban J connectivity index is 1.60. The molecule has 150 valence electrons. The monoisotopic (exact) mass is 397 g/mol. The average Bonchev–Trinajstić information content (AvgIpc) is 2.78. The molecule has 4 rings (SSSR count). The molecule has 0 fully saturated rings. The Kier molecular flexibility index (Phi) is 5.61. The highest BCUT2D eigenvalue weighted by Crippen LogP contribution is 2.33. The number of hydrogen-bond donors (Lipinski definition) is 1. The molecule has 5 heteroatoms. The molecule has 0 saturated carbocycles. The maximum absolute atomic E-state index is 13.1. The zero-order chi connectivity index (χ0) is 20.9. The van der Waals surface area contributed by atoms with E-state index in [1.807, 2.05) is 91.0 Å². The molecule has 1 N–H and O–H groups in total. The lowest BCUT2D eigenvalue weighted by Gasteiger charge is -2.33. The van der Waals surface area contributed by atoms with E-state index in [0.717, 1.165) is 22.5 Å². The van der Waals surface area contributed by atoms with E-state index in [9.17, 15) is 9.59 Å². The molecule has 2 amide bonds. The molecule has 1 unspecified atom stereocenters. The standard InChI is InChI=1S/C25H23N3O2/c1-19(29)27-17-16-20-10-8-9-15-23(20)24(27)18-25(30)26-28(21-11-4-2-5-12-21)22-13-6-3-7-14-22/h2-17,24H,18H2,1H3,(H,26,30). The fourth-order valence-electron chi connectivity index (χ4n) is 3.69. The molecule has 3 aromatic carbocycles. The SMILES string of the molecule is CC(=O)N1C=Cc2ccccc2C1CC(=O)NN(c1ccccc1)c1ccccc1. The molecule has 1 aliphatic heterocycles. The Morgan fingerprint density at radius 3 is 2.03 bits per heavy atom. The Morgan fingerprint density at radius 1 is 0.867 bits per heavy atom. The van der Waals surface area contributed by atoms with Gasteiger partial charge in [-0.2, -0.15) is 0 Å². The third kappa shape index (κ3) is 4.10. The van der Waals surface area contributed by atoms with E-state index < -0.39 is 0 Å². The molecule has 3 aromatic rings. The minimum Gasteiger partial charge on any atom is -0.311 e. The molecular weight excluding hydrogens is 374 g/mol. The number of rotatable bonds is 5. The van der Waals surface area contributed by atoms with Gasteiger partial charge in [0.2, 0.25) is 11.8 Å². The van der Waals surface area contributed by atoms with Crippen molar-refractivity contribution >= 4 is 29.3 Å². The van der Waals surface area contributed by atoms with E-state index in [0.29, 0.717) is 0 Å². The molecule has 0 aromatic heterocycles. The number of nitrogens with one attached hydrogen (secondary N) is 1. The van der Waals surface area contributed by atoms with Crippen LogP contribution in [0.1, 0.15) is 30.5 Å². The summed E-state index contributed by atoms with van der Waals surface area (Å²) in [5, 5.41) is 1.77. The highest BCUT2D eigenvalue weighted by Gasteiger charge is 2.28. The molecule has 0 bridgehead atoms. The fraction of sp³-hybridized carbons (Fsp3) is 0.120. The average molecular weight is 397 g/mol. The number of nitrogens with zero attached hydrogens (tertiary/aromatic N) is 2. The van der Waals surface area contributed by atoms with Crippen molar-refractivity contribution in [2.24, 2.45) is 0 Å². The predicted molar refractivity (Wildman–Crippen MR) is 119 cm³/mol. The van der Waals surface area contributed by atoms with E-state index in [4.69, 9.17) is 0 Å². The number of fused-ring (bicyclic) bond motifs is 1. The molecule has 30 heavy (non-hydrogen) atoms. The summed E-state index contributed by atoms with van der Waals surface area (Å²) in [4.78, 5) is 27.0. The van der Waals surface area contributed by atoms with Crippen molar-refractivity contribution in [3.8, 4) is 0 Å². The summed E-state index contributed by atoms with van der Waals surface area (Å²) in [5.41, 5.74) is 6.71. The molecule has 1 aliphatic rings. The van der Waals surface area contributed by atoms with Crippen molar-refractivity contribution < 1.29 is 9.59 Å². The summed E-state index contributed by atoms with van der Waals surface area (Å²) < 4.78 is 0. The van der Waals surface area contributed by atoms with Crippen LogP contribution < -0.4 is 10.4 Å². The first kappa shape index (κ1) is 19.5. The van der Waals surface area contributed by atoms with Crippen molar-refractivity contribution in [3.63, 3.8) is 0 Å². The molecule has 0 radical (unpaired) electrons. The lowest BCUT2D eigenvalue weighted by molar-refractivity contribution is -0.129. The van der Waals surface area contributed by atoms with Gasteiger partial charge in [0.1, 0.15) is 0 Å².